The molecule has 60 valence electrons. The summed E-state index contributed by atoms with van der Waals surface area (Å²) in [6, 6.07) is 0. The van der Waals surface area contributed by atoms with Crippen LogP contribution in [-0.4, -0.2) is 5.11 Å². The van der Waals surface area contributed by atoms with Crippen LogP contribution < -0.4 is 0 Å². The number of allylic oxidation sites excluding steroid dienone is 1. The standard InChI is InChI=1S/C9H18O/c1-3-4-5-6-7-8-9(2)10/h10H,2-8H2,1H3. The van der Waals surface area contributed by atoms with Gasteiger partial charge in [0.25, 0.3) is 0 Å². The van der Waals surface area contributed by atoms with Gasteiger partial charge in [0.2, 0.25) is 0 Å². The van der Waals surface area contributed by atoms with Gasteiger partial charge in [0.1, 0.15) is 0 Å². The van der Waals surface area contributed by atoms with Crippen LogP contribution in [0, 0.1) is 0 Å². The van der Waals surface area contributed by atoms with Crippen LogP contribution in [0.25, 0.3) is 0 Å². The topological polar surface area (TPSA) is 20.2 Å². The molecule has 0 heterocycles. The first kappa shape index (κ1) is 9.54. The molecule has 1 heteroatoms. The lowest BCUT2D eigenvalue weighted by atomic mass is 10.1. The smallest absolute Gasteiger partial charge is 0.0851 e. The van der Waals surface area contributed by atoms with Gasteiger partial charge in [-0.3, -0.25) is 0 Å². The van der Waals surface area contributed by atoms with E-state index in [0.29, 0.717) is 5.76 Å². The summed E-state index contributed by atoms with van der Waals surface area (Å²) >= 11 is 0. The highest BCUT2D eigenvalue weighted by Crippen LogP contribution is 2.07. The Labute approximate surface area is 63.8 Å². The summed E-state index contributed by atoms with van der Waals surface area (Å²) in [5.41, 5.74) is 0. The molecule has 0 aromatic rings. The van der Waals surface area contributed by atoms with E-state index in [2.05, 4.69) is 13.5 Å². The van der Waals surface area contributed by atoms with Gasteiger partial charge in [-0.15, -0.1) is 0 Å². The Morgan fingerprint density at radius 1 is 1.20 bits per heavy atom. The van der Waals surface area contributed by atoms with Crippen molar-refractivity contribution in [3.05, 3.63) is 12.3 Å². The molecule has 10 heavy (non-hydrogen) atoms. The molecule has 1 N–H and O–H groups in total. The van der Waals surface area contributed by atoms with Crippen molar-refractivity contribution >= 4 is 0 Å². The summed E-state index contributed by atoms with van der Waals surface area (Å²) in [5, 5.41) is 8.71. The highest BCUT2D eigenvalue weighted by Gasteiger charge is 1.90. The second kappa shape index (κ2) is 6.66. The largest absolute Gasteiger partial charge is 0.513 e. The first-order chi connectivity index (χ1) is 4.77. The third-order valence-electron chi connectivity index (χ3n) is 1.57. The molecular weight excluding hydrogens is 124 g/mol. The van der Waals surface area contributed by atoms with E-state index in [-0.39, 0.29) is 0 Å². The van der Waals surface area contributed by atoms with Crippen LogP contribution in [0.3, 0.4) is 0 Å². The van der Waals surface area contributed by atoms with Gasteiger partial charge in [-0.2, -0.15) is 0 Å². The van der Waals surface area contributed by atoms with Crippen molar-refractivity contribution in [3.8, 4) is 0 Å². The molecule has 0 saturated carbocycles. The van der Waals surface area contributed by atoms with Crippen LogP contribution >= 0.6 is 0 Å². The lowest BCUT2D eigenvalue weighted by Gasteiger charge is -1.97. The minimum Gasteiger partial charge on any atom is -0.513 e. The van der Waals surface area contributed by atoms with Crippen LogP contribution in [0.5, 0.6) is 0 Å². The number of unbranched alkanes of at least 4 members (excludes halogenated alkanes) is 4. The molecule has 0 unspecified atom stereocenters. The van der Waals surface area contributed by atoms with Crippen molar-refractivity contribution in [2.45, 2.75) is 45.4 Å². The molecule has 0 bridgehead atoms. The second-order valence-electron chi connectivity index (χ2n) is 2.73. The fourth-order valence-corrected chi connectivity index (χ4v) is 0.933. The normalized spacial score (nSPS) is 9.70. The van der Waals surface area contributed by atoms with Gasteiger partial charge in [0.05, 0.1) is 5.76 Å². The number of aliphatic hydroxyl groups is 1. The summed E-state index contributed by atoms with van der Waals surface area (Å²) in [7, 11) is 0. The van der Waals surface area contributed by atoms with Gasteiger partial charge in [-0.25, -0.2) is 0 Å². The van der Waals surface area contributed by atoms with Gasteiger partial charge in [0, 0.05) is 6.42 Å². The maximum absolute atomic E-state index is 8.71. The molecule has 0 rings (SSSR count). The monoisotopic (exact) mass is 142 g/mol. The molecule has 0 saturated heterocycles. The van der Waals surface area contributed by atoms with Gasteiger partial charge < -0.3 is 5.11 Å². The zero-order valence-electron chi connectivity index (χ0n) is 6.90. The molecule has 0 fully saturated rings. The maximum atomic E-state index is 8.71. The van der Waals surface area contributed by atoms with Crippen molar-refractivity contribution in [3.63, 3.8) is 0 Å². The Kier molecular flexibility index (Phi) is 6.35. The van der Waals surface area contributed by atoms with E-state index in [1.54, 1.807) is 0 Å². The predicted molar refractivity (Wildman–Crippen MR) is 45.1 cm³/mol. The van der Waals surface area contributed by atoms with Crippen LogP contribution in [-0.2, 0) is 0 Å². The molecule has 0 radical (unpaired) electrons. The molecule has 0 atom stereocenters. The fraction of sp³-hybridized carbons (Fsp3) is 0.778. The molecule has 0 aliphatic heterocycles. The summed E-state index contributed by atoms with van der Waals surface area (Å²) in [6.45, 7) is 5.63. The summed E-state index contributed by atoms with van der Waals surface area (Å²) in [4.78, 5) is 0. The van der Waals surface area contributed by atoms with E-state index < -0.39 is 0 Å². The maximum Gasteiger partial charge on any atom is 0.0851 e. The third-order valence-corrected chi connectivity index (χ3v) is 1.57. The third kappa shape index (κ3) is 7.54. The first-order valence-corrected chi connectivity index (χ1v) is 4.14. The zero-order valence-corrected chi connectivity index (χ0v) is 6.90. The van der Waals surface area contributed by atoms with Gasteiger partial charge in [-0.1, -0.05) is 39.2 Å². The quantitative estimate of drug-likeness (QED) is 0.445. The molecule has 1 nitrogen and oxygen atoms in total. The summed E-state index contributed by atoms with van der Waals surface area (Å²) in [6.07, 6.45) is 6.99. The Bertz CT molecular complexity index is 86.7. The minimum absolute atomic E-state index is 0.330. The Hall–Kier alpha value is -0.460. The Balaban J connectivity index is 2.84. The van der Waals surface area contributed by atoms with E-state index in [9.17, 15) is 0 Å². The van der Waals surface area contributed by atoms with E-state index in [4.69, 9.17) is 5.11 Å². The molecule has 0 aliphatic carbocycles. The van der Waals surface area contributed by atoms with Crippen LogP contribution in [0.4, 0.5) is 0 Å². The van der Waals surface area contributed by atoms with Gasteiger partial charge in [-0.05, 0) is 6.42 Å². The average molecular weight is 142 g/mol. The number of aliphatic hydroxyl groups excluding tert-OH is 1. The van der Waals surface area contributed by atoms with Crippen LogP contribution in [0.15, 0.2) is 12.3 Å². The van der Waals surface area contributed by atoms with E-state index in [1.165, 1.54) is 25.7 Å². The average Bonchev–Trinajstić information content (AvgIpc) is 1.87. The van der Waals surface area contributed by atoms with E-state index in [1.807, 2.05) is 0 Å². The molecule has 0 aliphatic rings. The van der Waals surface area contributed by atoms with Gasteiger partial charge >= 0.3 is 0 Å². The van der Waals surface area contributed by atoms with Crippen molar-refractivity contribution < 1.29 is 5.11 Å². The Morgan fingerprint density at radius 2 is 1.80 bits per heavy atom. The highest BCUT2D eigenvalue weighted by atomic mass is 16.3. The lowest BCUT2D eigenvalue weighted by Crippen LogP contribution is -1.80. The number of hydrogen-bond acceptors (Lipinski definition) is 1. The van der Waals surface area contributed by atoms with Crippen LogP contribution in [0.2, 0.25) is 0 Å². The Morgan fingerprint density at radius 3 is 2.30 bits per heavy atom. The fourth-order valence-electron chi connectivity index (χ4n) is 0.933. The lowest BCUT2D eigenvalue weighted by molar-refractivity contribution is 0.383. The van der Waals surface area contributed by atoms with Gasteiger partial charge in [0.15, 0.2) is 0 Å². The predicted octanol–water partition coefficient (Wildman–Crippen LogP) is 3.42. The molecule has 0 aromatic heterocycles. The molecular formula is C9H18O. The first-order valence-electron chi connectivity index (χ1n) is 4.14. The molecule has 0 amide bonds. The van der Waals surface area contributed by atoms with Crippen molar-refractivity contribution in [1.29, 1.82) is 0 Å². The second-order valence-corrected chi connectivity index (χ2v) is 2.73. The van der Waals surface area contributed by atoms with E-state index in [0.717, 1.165) is 12.8 Å². The van der Waals surface area contributed by atoms with Crippen molar-refractivity contribution in [1.82, 2.24) is 0 Å². The highest BCUT2D eigenvalue weighted by molar-refractivity contribution is 4.77. The zero-order chi connectivity index (χ0) is 7.82. The summed E-state index contributed by atoms with van der Waals surface area (Å²) < 4.78 is 0. The SMILES string of the molecule is C=C(O)CCCCCCC. The number of rotatable bonds is 6. The van der Waals surface area contributed by atoms with Crippen LogP contribution in [0.1, 0.15) is 45.4 Å². The van der Waals surface area contributed by atoms with Crippen molar-refractivity contribution in [2.24, 2.45) is 0 Å². The number of hydrogen-bond donors (Lipinski definition) is 1. The molecule has 0 aromatic carbocycles. The minimum atomic E-state index is 0.330. The van der Waals surface area contributed by atoms with Crippen molar-refractivity contribution in [2.75, 3.05) is 0 Å². The van der Waals surface area contributed by atoms with E-state index >= 15 is 0 Å². The molecule has 0 spiro atoms. The summed E-state index contributed by atoms with van der Waals surface area (Å²) in [5.74, 6) is 0.330.